The summed E-state index contributed by atoms with van der Waals surface area (Å²) in [5.41, 5.74) is -0.231. The number of nitro benzene ring substituents is 1. The average Bonchev–Trinajstić information content (AvgIpc) is 3.17. The molecule has 0 radical (unpaired) electrons. The van der Waals surface area contributed by atoms with Crippen LogP contribution in [0.25, 0.3) is 0 Å². The number of nitrogens with zero attached hydrogens (tertiary/aromatic N) is 1. The molecule has 0 fully saturated rings. The lowest BCUT2D eigenvalue weighted by molar-refractivity contribution is -0.384. The molecule has 3 aromatic rings. The largest absolute Gasteiger partial charge is 0.496 e. The van der Waals surface area contributed by atoms with Crippen molar-refractivity contribution in [3.8, 4) is 11.5 Å². The Hall–Kier alpha value is -3.08. The first kappa shape index (κ1) is 19.7. The van der Waals surface area contributed by atoms with Gasteiger partial charge in [0.1, 0.15) is 29.6 Å². The van der Waals surface area contributed by atoms with E-state index in [9.17, 15) is 14.9 Å². The Morgan fingerprint density at radius 1 is 1.14 bits per heavy atom. The number of hydrogen-bond acceptors (Lipinski definition) is 6. The standard InChI is InChI=1S/C19H15IN2O6/c1-26-14-6-8-16(17(10-14)22(24)25)21-19(23)18-9-7-15(28-18)11-27-13-4-2-12(20)3-5-13/h2-10H,11H2,1H3,(H,21,23). The summed E-state index contributed by atoms with van der Waals surface area (Å²) in [6.07, 6.45) is 0. The van der Waals surface area contributed by atoms with Gasteiger partial charge in [0.15, 0.2) is 5.76 Å². The zero-order valence-electron chi connectivity index (χ0n) is 14.7. The van der Waals surface area contributed by atoms with Crippen molar-refractivity contribution in [1.82, 2.24) is 0 Å². The smallest absolute Gasteiger partial charge is 0.296 e. The molecule has 8 nitrogen and oxygen atoms in total. The molecule has 3 rings (SSSR count). The Morgan fingerprint density at radius 3 is 2.54 bits per heavy atom. The monoisotopic (exact) mass is 494 g/mol. The van der Waals surface area contributed by atoms with Crippen LogP contribution in [0.3, 0.4) is 0 Å². The number of methoxy groups -OCH3 is 1. The molecule has 28 heavy (non-hydrogen) atoms. The number of nitro groups is 1. The van der Waals surface area contributed by atoms with Crippen LogP contribution in [0.5, 0.6) is 11.5 Å². The van der Waals surface area contributed by atoms with Gasteiger partial charge in [-0.3, -0.25) is 14.9 Å². The van der Waals surface area contributed by atoms with Crippen molar-refractivity contribution < 1.29 is 23.6 Å². The summed E-state index contributed by atoms with van der Waals surface area (Å²) in [6, 6.07) is 14.8. The zero-order chi connectivity index (χ0) is 20.1. The molecule has 1 N–H and O–H groups in total. The van der Waals surface area contributed by atoms with Gasteiger partial charge in [-0.2, -0.15) is 0 Å². The second-order valence-corrected chi connectivity index (χ2v) is 6.85. The highest BCUT2D eigenvalue weighted by Gasteiger charge is 2.19. The second-order valence-electron chi connectivity index (χ2n) is 5.60. The van der Waals surface area contributed by atoms with E-state index < -0.39 is 10.8 Å². The van der Waals surface area contributed by atoms with Crippen molar-refractivity contribution >= 4 is 39.9 Å². The Kier molecular flexibility index (Phi) is 6.14. The van der Waals surface area contributed by atoms with Crippen molar-refractivity contribution in [2.45, 2.75) is 6.61 Å². The molecule has 0 saturated carbocycles. The number of carbonyl (C=O) groups is 1. The lowest BCUT2D eigenvalue weighted by Crippen LogP contribution is -2.12. The van der Waals surface area contributed by atoms with Crippen LogP contribution >= 0.6 is 22.6 Å². The fraction of sp³-hybridized carbons (Fsp3) is 0.105. The number of rotatable bonds is 7. The first-order valence-corrected chi connectivity index (χ1v) is 9.15. The van der Waals surface area contributed by atoms with Gasteiger partial charge in [-0.1, -0.05) is 0 Å². The van der Waals surface area contributed by atoms with E-state index in [0.29, 0.717) is 17.3 Å². The molecule has 1 aromatic heterocycles. The lowest BCUT2D eigenvalue weighted by atomic mass is 10.2. The highest BCUT2D eigenvalue weighted by atomic mass is 127. The maximum Gasteiger partial charge on any atom is 0.296 e. The van der Waals surface area contributed by atoms with E-state index in [1.807, 2.05) is 24.3 Å². The summed E-state index contributed by atoms with van der Waals surface area (Å²) < 4.78 is 17.1. The SMILES string of the molecule is COc1ccc(NC(=O)c2ccc(COc3ccc(I)cc3)o2)c([N+](=O)[O-])c1. The highest BCUT2D eigenvalue weighted by Crippen LogP contribution is 2.29. The van der Waals surface area contributed by atoms with Crippen LogP contribution in [-0.2, 0) is 6.61 Å². The van der Waals surface area contributed by atoms with Gasteiger partial charge in [0, 0.05) is 3.57 Å². The molecular weight excluding hydrogens is 479 g/mol. The number of amides is 1. The van der Waals surface area contributed by atoms with Crippen LogP contribution in [0, 0.1) is 13.7 Å². The van der Waals surface area contributed by atoms with E-state index in [4.69, 9.17) is 13.9 Å². The van der Waals surface area contributed by atoms with Gasteiger partial charge in [-0.15, -0.1) is 0 Å². The van der Waals surface area contributed by atoms with E-state index in [1.165, 1.54) is 31.4 Å². The number of anilines is 1. The lowest BCUT2D eigenvalue weighted by Gasteiger charge is -2.06. The van der Waals surface area contributed by atoms with Gasteiger partial charge in [-0.25, -0.2) is 0 Å². The maximum absolute atomic E-state index is 12.4. The van der Waals surface area contributed by atoms with Gasteiger partial charge in [-0.05, 0) is 71.1 Å². The highest BCUT2D eigenvalue weighted by molar-refractivity contribution is 14.1. The fourth-order valence-corrected chi connectivity index (χ4v) is 2.70. The zero-order valence-corrected chi connectivity index (χ0v) is 16.8. The minimum absolute atomic E-state index is 0.0197. The molecular formula is C19H15IN2O6. The molecule has 0 aliphatic carbocycles. The van der Waals surface area contributed by atoms with E-state index in [2.05, 4.69) is 27.9 Å². The minimum atomic E-state index is -0.603. The van der Waals surface area contributed by atoms with Crippen LogP contribution in [0.1, 0.15) is 16.3 Å². The van der Waals surface area contributed by atoms with Gasteiger partial charge in [0.2, 0.25) is 0 Å². The summed E-state index contributed by atoms with van der Waals surface area (Å²) in [7, 11) is 1.40. The first-order valence-electron chi connectivity index (χ1n) is 8.07. The van der Waals surface area contributed by atoms with E-state index in [-0.39, 0.29) is 23.7 Å². The number of hydrogen-bond donors (Lipinski definition) is 1. The van der Waals surface area contributed by atoms with Crippen LogP contribution in [0.15, 0.2) is 59.0 Å². The van der Waals surface area contributed by atoms with E-state index in [1.54, 1.807) is 6.07 Å². The second kappa shape index (κ2) is 8.74. The van der Waals surface area contributed by atoms with Crippen molar-refractivity contribution in [3.63, 3.8) is 0 Å². The number of halogens is 1. The van der Waals surface area contributed by atoms with E-state index >= 15 is 0 Å². The maximum atomic E-state index is 12.4. The van der Waals surface area contributed by atoms with Crippen molar-refractivity contribution in [3.05, 3.63) is 79.8 Å². The van der Waals surface area contributed by atoms with Gasteiger partial charge in [0.05, 0.1) is 18.1 Å². The van der Waals surface area contributed by atoms with Gasteiger partial charge >= 0.3 is 0 Å². The molecule has 2 aromatic carbocycles. The molecule has 0 saturated heterocycles. The normalized spacial score (nSPS) is 10.4. The van der Waals surface area contributed by atoms with Gasteiger partial charge < -0.3 is 19.2 Å². The quantitative estimate of drug-likeness (QED) is 0.292. The Balaban J connectivity index is 1.67. The molecule has 1 heterocycles. The van der Waals surface area contributed by atoms with Crippen LogP contribution in [0.4, 0.5) is 11.4 Å². The van der Waals surface area contributed by atoms with Crippen LogP contribution in [-0.4, -0.2) is 17.9 Å². The summed E-state index contributed by atoms with van der Waals surface area (Å²) in [5, 5.41) is 13.7. The molecule has 1 amide bonds. The molecule has 0 atom stereocenters. The molecule has 0 unspecified atom stereocenters. The number of ether oxygens (including phenoxy) is 2. The van der Waals surface area contributed by atoms with Crippen molar-refractivity contribution in [1.29, 1.82) is 0 Å². The molecule has 0 aliphatic rings. The first-order chi connectivity index (χ1) is 13.5. The Labute approximate surface area is 173 Å². The van der Waals surface area contributed by atoms with E-state index in [0.717, 1.165) is 3.57 Å². The summed E-state index contributed by atoms with van der Waals surface area (Å²) in [5.74, 6) is 0.863. The third kappa shape index (κ3) is 4.80. The predicted molar refractivity (Wildman–Crippen MR) is 110 cm³/mol. The number of benzene rings is 2. The van der Waals surface area contributed by atoms with Gasteiger partial charge in [0.25, 0.3) is 11.6 Å². The van der Waals surface area contributed by atoms with Crippen molar-refractivity contribution in [2.24, 2.45) is 0 Å². The number of carbonyl (C=O) groups excluding carboxylic acids is 1. The number of furan rings is 1. The molecule has 0 spiro atoms. The minimum Gasteiger partial charge on any atom is -0.496 e. The number of nitrogens with one attached hydrogen (secondary N) is 1. The topological polar surface area (TPSA) is 104 Å². The van der Waals surface area contributed by atoms with Crippen molar-refractivity contribution in [2.75, 3.05) is 12.4 Å². The Morgan fingerprint density at radius 2 is 1.86 bits per heavy atom. The summed E-state index contributed by atoms with van der Waals surface area (Å²) >= 11 is 2.20. The molecule has 0 aliphatic heterocycles. The average molecular weight is 494 g/mol. The molecule has 0 bridgehead atoms. The Bertz CT molecular complexity index is 1000. The molecule has 144 valence electrons. The summed E-state index contributed by atoms with van der Waals surface area (Å²) in [4.78, 5) is 23.0. The summed E-state index contributed by atoms with van der Waals surface area (Å²) in [6.45, 7) is 0.149. The third-order valence-corrected chi connectivity index (χ3v) is 4.45. The van der Waals surface area contributed by atoms with Crippen LogP contribution < -0.4 is 14.8 Å². The predicted octanol–water partition coefficient (Wildman–Crippen LogP) is 4.63. The third-order valence-electron chi connectivity index (χ3n) is 3.73. The van der Waals surface area contributed by atoms with Crippen LogP contribution in [0.2, 0.25) is 0 Å². The molecule has 9 heteroatoms. The fourth-order valence-electron chi connectivity index (χ4n) is 2.34.